The quantitative estimate of drug-likeness (QED) is 0.796. The highest BCUT2D eigenvalue weighted by atomic mass is 19.1. The van der Waals surface area contributed by atoms with Crippen LogP contribution in [0.15, 0.2) is 42.5 Å². The lowest BCUT2D eigenvalue weighted by atomic mass is 9.89. The number of fused-ring (bicyclic) bond motifs is 3. The number of nitrogens with zero attached hydrogens (tertiary/aromatic N) is 2. The van der Waals surface area contributed by atoms with Gasteiger partial charge in [-0.1, -0.05) is 0 Å². The van der Waals surface area contributed by atoms with Gasteiger partial charge in [-0.05, 0) is 67.4 Å². The van der Waals surface area contributed by atoms with Crippen molar-refractivity contribution in [2.24, 2.45) is 0 Å². The predicted molar refractivity (Wildman–Crippen MR) is 106 cm³/mol. The maximum atomic E-state index is 14.0. The molecule has 1 fully saturated rings. The number of nitrogens with one attached hydrogen (secondary N) is 1. The van der Waals surface area contributed by atoms with E-state index in [0.29, 0.717) is 6.54 Å². The summed E-state index contributed by atoms with van der Waals surface area (Å²) in [6, 6.07) is 11.8. The average Bonchev–Trinajstić information content (AvgIpc) is 2.99. The Hall–Kier alpha value is -2.47. The first kappa shape index (κ1) is 18.9. The van der Waals surface area contributed by atoms with Crippen molar-refractivity contribution in [1.29, 1.82) is 0 Å². The van der Waals surface area contributed by atoms with Crippen molar-refractivity contribution in [3.05, 3.63) is 59.7 Å². The first-order valence-electron chi connectivity index (χ1n) is 9.84. The van der Waals surface area contributed by atoms with Crippen LogP contribution >= 0.6 is 0 Å². The van der Waals surface area contributed by atoms with Gasteiger partial charge >= 0.3 is 0 Å². The third-order valence-corrected chi connectivity index (χ3v) is 5.77. The highest BCUT2D eigenvalue weighted by Crippen LogP contribution is 2.48. The fraction of sp³-hybridized carbons (Fsp3) is 0.409. The minimum absolute atomic E-state index is 0.00570. The van der Waals surface area contributed by atoms with E-state index in [4.69, 9.17) is 0 Å². The van der Waals surface area contributed by atoms with Gasteiger partial charge in [-0.3, -0.25) is 4.79 Å². The molecule has 0 saturated carbocycles. The van der Waals surface area contributed by atoms with E-state index in [1.165, 1.54) is 25.1 Å². The number of hydrogen-bond acceptors (Lipinski definition) is 3. The number of halogens is 2. The van der Waals surface area contributed by atoms with Gasteiger partial charge in [0.1, 0.15) is 11.6 Å². The Labute approximate surface area is 164 Å². The Bertz CT molecular complexity index is 855. The molecule has 4 rings (SSSR count). The molecule has 2 aliphatic rings. The lowest BCUT2D eigenvalue weighted by Crippen LogP contribution is -2.45. The first-order valence-corrected chi connectivity index (χ1v) is 9.84. The zero-order valence-electron chi connectivity index (χ0n) is 16.0. The van der Waals surface area contributed by atoms with E-state index in [1.54, 1.807) is 18.2 Å². The summed E-state index contributed by atoms with van der Waals surface area (Å²) in [4.78, 5) is 15.7. The van der Waals surface area contributed by atoms with E-state index >= 15 is 0 Å². The second-order valence-electron chi connectivity index (χ2n) is 7.65. The number of amides is 1. The summed E-state index contributed by atoms with van der Waals surface area (Å²) in [6.45, 7) is 4.92. The van der Waals surface area contributed by atoms with Gasteiger partial charge in [0.2, 0.25) is 5.91 Å². The van der Waals surface area contributed by atoms with Gasteiger partial charge in [0.05, 0.1) is 0 Å². The lowest BCUT2D eigenvalue weighted by Gasteiger charge is -2.39. The van der Waals surface area contributed by atoms with Crippen LogP contribution in [-0.2, 0) is 4.79 Å². The van der Waals surface area contributed by atoms with E-state index in [2.05, 4.69) is 15.1 Å². The van der Waals surface area contributed by atoms with Crippen molar-refractivity contribution < 1.29 is 13.6 Å². The van der Waals surface area contributed by atoms with E-state index < -0.39 is 0 Å². The number of likely N-dealkylation sites (tertiary alicyclic amines) is 1. The van der Waals surface area contributed by atoms with Crippen LogP contribution in [0.5, 0.6) is 0 Å². The molecule has 0 bridgehead atoms. The summed E-state index contributed by atoms with van der Waals surface area (Å²) in [6.07, 6.45) is 1.85. The fourth-order valence-electron chi connectivity index (χ4n) is 4.54. The third kappa shape index (κ3) is 3.74. The fourth-order valence-corrected chi connectivity index (χ4v) is 4.54. The number of piperidine rings is 1. The topological polar surface area (TPSA) is 35.6 Å². The number of carbonyl (C=O) groups is 1. The molecule has 2 aromatic rings. The maximum Gasteiger partial charge on any atom is 0.216 e. The Morgan fingerprint density at radius 1 is 1.14 bits per heavy atom. The van der Waals surface area contributed by atoms with E-state index in [-0.39, 0.29) is 29.5 Å². The van der Waals surface area contributed by atoms with Crippen LogP contribution in [0.1, 0.15) is 31.2 Å². The summed E-state index contributed by atoms with van der Waals surface area (Å²) >= 11 is 0. The van der Waals surface area contributed by atoms with Crippen molar-refractivity contribution in [3.8, 4) is 0 Å². The summed E-state index contributed by atoms with van der Waals surface area (Å²) in [5.74, 6) is -0.270. The van der Waals surface area contributed by atoms with Crippen LogP contribution in [-0.4, -0.2) is 43.0 Å². The van der Waals surface area contributed by atoms with Crippen molar-refractivity contribution in [2.45, 2.75) is 31.7 Å². The van der Waals surface area contributed by atoms with Crippen LogP contribution in [0.25, 0.3) is 0 Å². The first-order chi connectivity index (χ1) is 13.5. The second kappa shape index (κ2) is 7.87. The molecule has 2 atom stereocenters. The molecule has 4 nitrogen and oxygen atoms in total. The summed E-state index contributed by atoms with van der Waals surface area (Å²) in [5, 5.41) is 2.83. The molecule has 0 spiro atoms. The molecule has 0 aromatic heterocycles. The molecule has 2 heterocycles. The summed E-state index contributed by atoms with van der Waals surface area (Å²) < 4.78 is 27.4. The Kier molecular flexibility index (Phi) is 5.31. The zero-order valence-corrected chi connectivity index (χ0v) is 16.0. The highest BCUT2D eigenvalue weighted by molar-refractivity contribution is 5.73. The number of hydrogen-bond donors (Lipinski definition) is 1. The minimum atomic E-state index is -0.257. The monoisotopic (exact) mass is 385 g/mol. The largest absolute Gasteiger partial charge is 0.356 e. The molecular weight excluding hydrogens is 360 g/mol. The second-order valence-corrected chi connectivity index (χ2v) is 7.65. The molecule has 1 amide bonds. The highest BCUT2D eigenvalue weighted by Gasteiger charge is 2.42. The Morgan fingerprint density at radius 3 is 2.64 bits per heavy atom. The maximum absolute atomic E-state index is 14.0. The standard InChI is InChI=1S/C22H25F2N3O/c1-15(28)25-10-2-11-26-12-9-22-20(14-26)19-13-17(24)5-8-21(19)27(22)18-6-3-16(23)4-7-18/h3-8,13,20,22H,2,9-12,14H2,1H3,(H,25,28)/t20?,22-/m1/s1. The predicted octanol–water partition coefficient (Wildman–Crippen LogP) is 3.80. The zero-order chi connectivity index (χ0) is 19.7. The Morgan fingerprint density at radius 2 is 1.89 bits per heavy atom. The van der Waals surface area contributed by atoms with E-state index in [0.717, 1.165) is 49.4 Å². The molecule has 2 aromatic carbocycles. The van der Waals surface area contributed by atoms with Crippen LogP contribution in [0, 0.1) is 11.6 Å². The minimum Gasteiger partial charge on any atom is -0.356 e. The van der Waals surface area contributed by atoms with Crippen LogP contribution < -0.4 is 10.2 Å². The SMILES string of the molecule is CC(=O)NCCCN1CC[C@@H]2C(C1)c1cc(F)ccc1N2c1ccc(F)cc1. The summed E-state index contributed by atoms with van der Waals surface area (Å²) in [5.41, 5.74) is 2.99. The van der Waals surface area contributed by atoms with E-state index in [9.17, 15) is 13.6 Å². The van der Waals surface area contributed by atoms with Gasteiger partial charge in [-0.15, -0.1) is 0 Å². The number of carbonyl (C=O) groups excluding carboxylic acids is 1. The van der Waals surface area contributed by atoms with Gasteiger partial charge in [0.15, 0.2) is 0 Å². The van der Waals surface area contributed by atoms with Crippen LogP contribution in [0.4, 0.5) is 20.2 Å². The molecule has 148 valence electrons. The normalized spacial score (nSPS) is 21.3. The van der Waals surface area contributed by atoms with Crippen molar-refractivity contribution in [2.75, 3.05) is 31.1 Å². The molecule has 1 N–H and O–H groups in total. The molecule has 0 radical (unpaired) electrons. The number of benzene rings is 2. The van der Waals surface area contributed by atoms with Gasteiger partial charge in [-0.25, -0.2) is 8.78 Å². The average molecular weight is 385 g/mol. The van der Waals surface area contributed by atoms with Crippen LogP contribution in [0.2, 0.25) is 0 Å². The molecule has 6 heteroatoms. The molecule has 1 saturated heterocycles. The van der Waals surface area contributed by atoms with Crippen molar-refractivity contribution >= 4 is 17.3 Å². The smallest absolute Gasteiger partial charge is 0.216 e. The van der Waals surface area contributed by atoms with Crippen molar-refractivity contribution in [1.82, 2.24) is 10.2 Å². The third-order valence-electron chi connectivity index (χ3n) is 5.77. The number of rotatable bonds is 5. The Balaban J connectivity index is 1.54. The summed E-state index contributed by atoms with van der Waals surface area (Å²) in [7, 11) is 0. The van der Waals surface area contributed by atoms with E-state index in [1.807, 2.05) is 6.07 Å². The van der Waals surface area contributed by atoms with Crippen molar-refractivity contribution in [3.63, 3.8) is 0 Å². The molecule has 1 unspecified atom stereocenters. The lowest BCUT2D eigenvalue weighted by molar-refractivity contribution is -0.118. The van der Waals surface area contributed by atoms with Crippen LogP contribution in [0.3, 0.4) is 0 Å². The van der Waals surface area contributed by atoms with Gasteiger partial charge < -0.3 is 15.1 Å². The molecule has 0 aliphatic carbocycles. The molecular formula is C22H25F2N3O. The molecule has 2 aliphatic heterocycles. The van der Waals surface area contributed by atoms with Gasteiger partial charge in [-0.2, -0.15) is 0 Å². The molecule has 28 heavy (non-hydrogen) atoms. The van der Waals surface area contributed by atoms with Gasteiger partial charge in [0.25, 0.3) is 0 Å². The number of anilines is 2. The van der Waals surface area contributed by atoms with Gasteiger partial charge in [0, 0.05) is 49.9 Å².